The normalized spacial score (nSPS) is 11.2. The van der Waals surface area contributed by atoms with Crippen LogP contribution in [0.5, 0.6) is 0 Å². The van der Waals surface area contributed by atoms with Gasteiger partial charge in [-0.15, -0.1) is 11.8 Å². The van der Waals surface area contributed by atoms with E-state index in [2.05, 4.69) is 9.97 Å². The molecule has 4 nitrogen and oxygen atoms in total. The summed E-state index contributed by atoms with van der Waals surface area (Å²) in [5.74, 6) is 0.215. The predicted octanol–water partition coefficient (Wildman–Crippen LogP) is 2.97. The number of aromatic amines is 1. The molecule has 0 bridgehead atoms. The Morgan fingerprint density at radius 1 is 1.41 bits per heavy atom. The zero-order valence-corrected chi connectivity index (χ0v) is 12.2. The highest BCUT2D eigenvalue weighted by molar-refractivity contribution is 7.98. The molecule has 0 fully saturated rings. The van der Waals surface area contributed by atoms with E-state index >= 15 is 0 Å². The first-order valence-electron chi connectivity index (χ1n) is 6.08. The number of thioether (sulfide) groups is 1. The number of H-pyrrole nitrogens is 1. The fourth-order valence-corrected chi connectivity index (χ4v) is 2.42. The number of nitrogens with zero attached hydrogens (tertiary/aromatic N) is 2. The van der Waals surface area contributed by atoms with Crippen molar-refractivity contribution in [1.29, 1.82) is 5.26 Å². The van der Waals surface area contributed by atoms with E-state index in [4.69, 9.17) is 5.26 Å². The summed E-state index contributed by atoms with van der Waals surface area (Å²) in [7, 11) is 0. The molecule has 0 amide bonds. The third kappa shape index (κ3) is 3.49. The smallest absolute Gasteiger partial charge is 0.309 e. The molecule has 1 aromatic heterocycles. The van der Waals surface area contributed by atoms with Crippen molar-refractivity contribution in [1.82, 2.24) is 9.97 Å². The molecule has 1 heterocycles. The lowest BCUT2D eigenvalue weighted by Crippen LogP contribution is -2.17. The van der Waals surface area contributed by atoms with Crippen molar-refractivity contribution >= 4 is 11.8 Å². The lowest BCUT2D eigenvalue weighted by molar-refractivity contribution is -0.137. The van der Waals surface area contributed by atoms with Gasteiger partial charge in [-0.1, -0.05) is 18.2 Å². The molecule has 2 rings (SSSR count). The quantitative estimate of drug-likeness (QED) is 0.696. The molecule has 0 radical (unpaired) electrons. The van der Waals surface area contributed by atoms with E-state index in [1.54, 1.807) is 12.3 Å². The van der Waals surface area contributed by atoms with Gasteiger partial charge in [-0.05, 0) is 17.9 Å². The molecule has 0 aliphatic carbocycles. The maximum Gasteiger partial charge on any atom is 0.416 e. The van der Waals surface area contributed by atoms with E-state index in [0.29, 0.717) is 5.56 Å². The highest BCUT2D eigenvalue weighted by atomic mass is 32.2. The minimum absolute atomic E-state index is 0.0401. The summed E-state index contributed by atoms with van der Waals surface area (Å²) < 4.78 is 38.0. The van der Waals surface area contributed by atoms with E-state index < -0.39 is 17.3 Å². The van der Waals surface area contributed by atoms with Gasteiger partial charge in [0, 0.05) is 6.42 Å². The van der Waals surface area contributed by atoms with Crippen molar-refractivity contribution < 1.29 is 13.2 Å². The van der Waals surface area contributed by atoms with Gasteiger partial charge in [0.25, 0.3) is 5.56 Å². The van der Waals surface area contributed by atoms with Crippen LogP contribution in [0.2, 0.25) is 0 Å². The highest BCUT2D eigenvalue weighted by Crippen LogP contribution is 2.29. The van der Waals surface area contributed by atoms with Crippen LogP contribution in [0.3, 0.4) is 0 Å². The van der Waals surface area contributed by atoms with Gasteiger partial charge in [-0.3, -0.25) is 4.79 Å². The Kier molecular flexibility index (Phi) is 4.56. The second-order valence-electron chi connectivity index (χ2n) is 4.38. The standard InChI is InChI=1S/C14H10F3N3OS/c1-22-13-10(7-18)12(21)19-11(20-13)6-8-3-2-4-9(5-8)14(15,16)17/h2-5H,6H2,1H3,(H,19,20,21). The second kappa shape index (κ2) is 6.23. The number of halogens is 3. The van der Waals surface area contributed by atoms with Gasteiger partial charge in [0.15, 0.2) is 0 Å². The first-order valence-corrected chi connectivity index (χ1v) is 7.31. The number of nitrogens with one attached hydrogen (secondary N) is 1. The van der Waals surface area contributed by atoms with Gasteiger partial charge in [0.1, 0.15) is 22.5 Å². The molecular formula is C14H10F3N3OS. The number of alkyl halides is 3. The Hall–Kier alpha value is -2.27. The lowest BCUT2D eigenvalue weighted by Gasteiger charge is -2.09. The molecule has 114 valence electrons. The third-order valence-corrected chi connectivity index (χ3v) is 3.55. The van der Waals surface area contributed by atoms with Crippen LogP contribution in [0, 0.1) is 11.3 Å². The van der Waals surface area contributed by atoms with Crippen LogP contribution in [0.4, 0.5) is 13.2 Å². The molecule has 8 heteroatoms. The predicted molar refractivity (Wildman–Crippen MR) is 75.6 cm³/mol. The van der Waals surface area contributed by atoms with Gasteiger partial charge in [0.2, 0.25) is 0 Å². The van der Waals surface area contributed by atoms with E-state index in [1.165, 1.54) is 12.1 Å². The molecule has 0 aliphatic rings. The van der Waals surface area contributed by atoms with Crippen molar-refractivity contribution in [3.05, 3.63) is 57.1 Å². The Balaban J connectivity index is 2.38. The molecule has 22 heavy (non-hydrogen) atoms. The number of hydrogen-bond donors (Lipinski definition) is 1. The Morgan fingerprint density at radius 2 is 2.14 bits per heavy atom. The number of aromatic nitrogens is 2. The summed E-state index contributed by atoms with van der Waals surface area (Å²) in [6.45, 7) is 0. The molecule has 2 aromatic rings. The largest absolute Gasteiger partial charge is 0.416 e. The summed E-state index contributed by atoms with van der Waals surface area (Å²) in [5.41, 5.74) is -1.08. The molecule has 0 saturated heterocycles. The maximum absolute atomic E-state index is 12.7. The first-order chi connectivity index (χ1) is 10.3. The van der Waals surface area contributed by atoms with Crippen molar-refractivity contribution in [2.45, 2.75) is 17.6 Å². The summed E-state index contributed by atoms with van der Waals surface area (Å²) in [6.07, 6.45) is -2.72. The van der Waals surface area contributed by atoms with Crippen LogP contribution in [0.25, 0.3) is 0 Å². The summed E-state index contributed by atoms with van der Waals surface area (Å²) in [5, 5.41) is 9.15. The van der Waals surface area contributed by atoms with Gasteiger partial charge in [-0.2, -0.15) is 18.4 Å². The van der Waals surface area contributed by atoms with Crippen LogP contribution in [0.15, 0.2) is 34.1 Å². The van der Waals surface area contributed by atoms with Crippen molar-refractivity contribution in [3.8, 4) is 6.07 Å². The van der Waals surface area contributed by atoms with Crippen molar-refractivity contribution in [2.24, 2.45) is 0 Å². The summed E-state index contributed by atoms with van der Waals surface area (Å²) in [6, 6.07) is 6.57. The van der Waals surface area contributed by atoms with Gasteiger partial charge in [-0.25, -0.2) is 4.98 Å². The molecule has 0 spiro atoms. The lowest BCUT2D eigenvalue weighted by atomic mass is 10.1. The molecular weight excluding hydrogens is 315 g/mol. The van der Waals surface area contributed by atoms with Gasteiger partial charge in [0.05, 0.1) is 5.56 Å². The SMILES string of the molecule is CSc1nc(Cc2cccc(C(F)(F)F)c2)[nH]c(=O)c1C#N. The monoisotopic (exact) mass is 325 g/mol. The minimum Gasteiger partial charge on any atom is -0.309 e. The Morgan fingerprint density at radius 3 is 2.73 bits per heavy atom. The molecule has 0 saturated carbocycles. The Bertz CT molecular complexity index is 793. The van der Waals surface area contributed by atoms with Crippen LogP contribution >= 0.6 is 11.8 Å². The van der Waals surface area contributed by atoms with Crippen LogP contribution in [0.1, 0.15) is 22.5 Å². The van der Waals surface area contributed by atoms with Crippen molar-refractivity contribution in [2.75, 3.05) is 6.26 Å². The molecule has 1 aromatic carbocycles. The first kappa shape index (κ1) is 16.1. The average molecular weight is 325 g/mol. The highest BCUT2D eigenvalue weighted by Gasteiger charge is 2.30. The topological polar surface area (TPSA) is 69.5 Å². The van der Waals surface area contributed by atoms with Crippen molar-refractivity contribution in [3.63, 3.8) is 0 Å². The third-order valence-electron chi connectivity index (χ3n) is 2.87. The Labute approximate surface area is 128 Å². The number of benzene rings is 1. The number of nitriles is 1. The van der Waals surface area contributed by atoms with E-state index in [9.17, 15) is 18.0 Å². The average Bonchev–Trinajstić information content (AvgIpc) is 2.46. The fraction of sp³-hybridized carbons (Fsp3) is 0.214. The zero-order valence-electron chi connectivity index (χ0n) is 11.4. The van der Waals surface area contributed by atoms with E-state index in [0.717, 1.165) is 23.9 Å². The molecule has 1 N–H and O–H groups in total. The fourth-order valence-electron chi connectivity index (χ4n) is 1.88. The van der Waals surface area contributed by atoms with Crippen LogP contribution in [-0.2, 0) is 12.6 Å². The summed E-state index contributed by atoms with van der Waals surface area (Å²) >= 11 is 1.13. The van der Waals surface area contributed by atoms with Crippen LogP contribution < -0.4 is 5.56 Å². The van der Waals surface area contributed by atoms with E-state index in [1.807, 2.05) is 0 Å². The number of hydrogen-bond acceptors (Lipinski definition) is 4. The molecule has 0 atom stereocenters. The number of rotatable bonds is 3. The zero-order chi connectivity index (χ0) is 16.3. The maximum atomic E-state index is 12.7. The second-order valence-corrected chi connectivity index (χ2v) is 5.18. The summed E-state index contributed by atoms with van der Waals surface area (Å²) in [4.78, 5) is 18.3. The molecule has 0 aliphatic heterocycles. The van der Waals surface area contributed by atoms with Crippen LogP contribution in [-0.4, -0.2) is 16.2 Å². The molecule has 0 unspecified atom stereocenters. The van der Waals surface area contributed by atoms with Gasteiger partial charge < -0.3 is 4.98 Å². The van der Waals surface area contributed by atoms with E-state index in [-0.39, 0.29) is 22.8 Å². The van der Waals surface area contributed by atoms with Gasteiger partial charge >= 0.3 is 6.18 Å². The minimum atomic E-state index is -4.42.